The Morgan fingerprint density at radius 1 is 1.67 bits per heavy atom. The summed E-state index contributed by atoms with van der Waals surface area (Å²) in [5, 5.41) is 2.16. The minimum absolute atomic E-state index is 0.260. The predicted octanol–water partition coefficient (Wildman–Crippen LogP) is -0.224. The summed E-state index contributed by atoms with van der Waals surface area (Å²) in [6.45, 7) is 0. The van der Waals surface area contributed by atoms with E-state index in [1.807, 2.05) is 0 Å². The van der Waals surface area contributed by atoms with Crippen molar-refractivity contribution in [1.29, 1.82) is 0 Å². The van der Waals surface area contributed by atoms with Gasteiger partial charge in [-0.1, -0.05) is 0 Å². The lowest BCUT2D eigenvalue weighted by atomic mass is 10.2. The SMILES string of the molecule is NC(=O)CCCc1cc(=O)[nH]o1. The Bertz CT molecular complexity index is 312. The molecule has 1 heterocycles. The van der Waals surface area contributed by atoms with E-state index in [1.54, 1.807) is 0 Å². The molecular formula is C7H10N2O3. The summed E-state index contributed by atoms with van der Waals surface area (Å²) in [5.74, 6) is 0.217. The Morgan fingerprint density at radius 2 is 2.42 bits per heavy atom. The average Bonchev–Trinajstić information content (AvgIpc) is 2.35. The Kier molecular flexibility index (Phi) is 2.68. The number of aromatic amines is 1. The molecule has 5 heteroatoms. The van der Waals surface area contributed by atoms with E-state index in [1.165, 1.54) is 6.07 Å². The normalized spacial score (nSPS) is 10.0. The first-order valence-corrected chi connectivity index (χ1v) is 3.64. The summed E-state index contributed by atoms with van der Waals surface area (Å²) in [6, 6.07) is 1.36. The summed E-state index contributed by atoms with van der Waals surface area (Å²) in [5.41, 5.74) is 4.66. The van der Waals surface area contributed by atoms with Gasteiger partial charge < -0.3 is 10.3 Å². The van der Waals surface area contributed by atoms with Crippen LogP contribution in [0.2, 0.25) is 0 Å². The second-order valence-corrected chi connectivity index (χ2v) is 2.50. The van der Waals surface area contributed by atoms with E-state index in [9.17, 15) is 9.59 Å². The molecule has 0 unspecified atom stereocenters. The van der Waals surface area contributed by atoms with E-state index in [-0.39, 0.29) is 11.5 Å². The van der Waals surface area contributed by atoms with Gasteiger partial charge in [0.05, 0.1) is 0 Å². The number of carbonyl (C=O) groups is 1. The van der Waals surface area contributed by atoms with E-state index >= 15 is 0 Å². The third-order valence-electron chi connectivity index (χ3n) is 1.42. The summed E-state index contributed by atoms with van der Waals surface area (Å²) < 4.78 is 4.76. The minimum atomic E-state index is -0.340. The van der Waals surface area contributed by atoms with Crippen molar-refractivity contribution in [2.45, 2.75) is 19.3 Å². The number of primary amides is 1. The highest BCUT2D eigenvalue weighted by atomic mass is 16.5. The molecule has 0 saturated carbocycles. The molecule has 0 aliphatic heterocycles. The summed E-state index contributed by atoms with van der Waals surface area (Å²) in [7, 11) is 0. The van der Waals surface area contributed by atoms with Crippen molar-refractivity contribution in [3.8, 4) is 0 Å². The van der Waals surface area contributed by atoms with E-state index < -0.39 is 0 Å². The maximum absolute atomic E-state index is 10.5. The predicted molar refractivity (Wildman–Crippen MR) is 41.5 cm³/mol. The molecule has 0 spiro atoms. The first-order valence-electron chi connectivity index (χ1n) is 3.64. The molecule has 1 aromatic heterocycles. The molecular weight excluding hydrogens is 160 g/mol. The number of hydrogen-bond acceptors (Lipinski definition) is 3. The third-order valence-corrected chi connectivity index (χ3v) is 1.42. The van der Waals surface area contributed by atoms with Crippen molar-refractivity contribution in [3.05, 3.63) is 22.2 Å². The minimum Gasteiger partial charge on any atom is -0.384 e. The van der Waals surface area contributed by atoms with Gasteiger partial charge in [0.15, 0.2) is 0 Å². The lowest BCUT2D eigenvalue weighted by Crippen LogP contribution is -2.10. The molecule has 12 heavy (non-hydrogen) atoms. The quantitative estimate of drug-likeness (QED) is 0.654. The van der Waals surface area contributed by atoms with Crippen LogP contribution in [0.3, 0.4) is 0 Å². The molecule has 1 amide bonds. The highest BCUT2D eigenvalue weighted by Gasteiger charge is 2.00. The maximum Gasteiger partial charge on any atom is 0.280 e. The van der Waals surface area contributed by atoms with Crippen LogP contribution < -0.4 is 11.3 Å². The van der Waals surface area contributed by atoms with Gasteiger partial charge in [0.1, 0.15) is 5.76 Å². The van der Waals surface area contributed by atoms with Crippen LogP contribution in [-0.2, 0) is 11.2 Å². The van der Waals surface area contributed by atoms with E-state index in [0.717, 1.165) is 0 Å². The van der Waals surface area contributed by atoms with Crippen LogP contribution in [0.25, 0.3) is 0 Å². The number of aromatic nitrogens is 1. The van der Waals surface area contributed by atoms with E-state index in [0.29, 0.717) is 25.0 Å². The highest BCUT2D eigenvalue weighted by Crippen LogP contribution is 2.00. The largest absolute Gasteiger partial charge is 0.384 e. The lowest BCUT2D eigenvalue weighted by molar-refractivity contribution is -0.118. The van der Waals surface area contributed by atoms with Gasteiger partial charge in [-0.05, 0) is 6.42 Å². The van der Waals surface area contributed by atoms with Crippen molar-refractivity contribution in [2.24, 2.45) is 5.73 Å². The number of rotatable bonds is 4. The second-order valence-electron chi connectivity index (χ2n) is 2.50. The Hall–Kier alpha value is -1.52. The number of H-pyrrole nitrogens is 1. The molecule has 1 rings (SSSR count). The van der Waals surface area contributed by atoms with Crippen LogP contribution in [0.1, 0.15) is 18.6 Å². The van der Waals surface area contributed by atoms with Crippen LogP contribution >= 0.6 is 0 Å². The standard InChI is InChI=1S/C7H10N2O3/c8-6(10)3-1-2-5-4-7(11)9-12-5/h4H,1-3H2,(H2,8,10)(H,9,11). The number of carbonyl (C=O) groups excluding carboxylic acids is 1. The maximum atomic E-state index is 10.5. The highest BCUT2D eigenvalue weighted by molar-refractivity contribution is 5.73. The molecule has 0 aromatic carbocycles. The Morgan fingerprint density at radius 3 is 2.92 bits per heavy atom. The van der Waals surface area contributed by atoms with E-state index in [4.69, 9.17) is 10.3 Å². The molecule has 0 atom stereocenters. The van der Waals surface area contributed by atoms with Crippen molar-refractivity contribution in [3.63, 3.8) is 0 Å². The average molecular weight is 170 g/mol. The van der Waals surface area contributed by atoms with Crippen LogP contribution in [0.4, 0.5) is 0 Å². The van der Waals surface area contributed by atoms with Gasteiger partial charge in [0, 0.05) is 18.9 Å². The topological polar surface area (TPSA) is 89.1 Å². The fourth-order valence-electron chi connectivity index (χ4n) is 0.881. The summed E-state index contributed by atoms with van der Waals surface area (Å²) in [4.78, 5) is 20.9. The summed E-state index contributed by atoms with van der Waals surface area (Å²) in [6.07, 6.45) is 1.48. The van der Waals surface area contributed by atoms with Crippen molar-refractivity contribution in [1.82, 2.24) is 5.16 Å². The Balaban J connectivity index is 2.33. The first kappa shape index (κ1) is 8.58. The number of hydrogen-bond donors (Lipinski definition) is 2. The molecule has 1 aromatic rings. The number of amides is 1. The first-order chi connectivity index (χ1) is 5.68. The van der Waals surface area contributed by atoms with Crippen molar-refractivity contribution in [2.75, 3.05) is 0 Å². The van der Waals surface area contributed by atoms with Gasteiger partial charge in [-0.25, -0.2) is 0 Å². The molecule has 0 saturated heterocycles. The molecule has 0 bridgehead atoms. The molecule has 0 radical (unpaired) electrons. The van der Waals surface area contributed by atoms with Gasteiger partial charge >= 0.3 is 0 Å². The number of nitrogens with one attached hydrogen (secondary N) is 1. The van der Waals surface area contributed by atoms with E-state index in [2.05, 4.69) is 5.16 Å². The van der Waals surface area contributed by atoms with Gasteiger partial charge in [0.2, 0.25) is 5.91 Å². The van der Waals surface area contributed by atoms with Gasteiger partial charge in [0.25, 0.3) is 5.56 Å². The zero-order chi connectivity index (χ0) is 8.97. The molecule has 0 aliphatic rings. The fourth-order valence-corrected chi connectivity index (χ4v) is 0.881. The molecule has 0 fully saturated rings. The van der Waals surface area contributed by atoms with Gasteiger partial charge in [-0.2, -0.15) is 5.16 Å². The van der Waals surface area contributed by atoms with Crippen LogP contribution in [0.15, 0.2) is 15.4 Å². The van der Waals surface area contributed by atoms with Gasteiger partial charge in [-0.15, -0.1) is 0 Å². The van der Waals surface area contributed by atoms with Crippen molar-refractivity contribution < 1.29 is 9.32 Å². The number of nitrogens with two attached hydrogens (primary N) is 1. The molecule has 0 aliphatic carbocycles. The monoisotopic (exact) mass is 170 g/mol. The Labute approximate surface area is 68.5 Å². The zero-order valence-electron chi connectivity index (χ0n) is 6.50. The smallest absolute Gasteiger partial charge is 0.280 e. The van der Waals surface area contributed by atoms with Crippen LogP contribution in [-0.4, -0.2) is 11.1 Å². The zero-order valence-corrected chi connectivity index (χ0v) is 6.50. The fraction of sp³-hybridized carbons (Fsp3) is 0.429. The number of aryl methyl sites for hydroxylation is 1. The van der Waals surface area contributed by atoms with Crippen LogP contribution in [0, 0.1) is 0 Å². The lowest BCUT2D eigenvalue weighted by Gasteiger charge is -1.91. The summed E-state index contributed by atoms with van der Waals surface area (Å²) >= 11 is 0. The molecule has 5 nitrogen and oxygen atoms in total. The third kappa shape index (κ3) is 2.61. The van der Waals surface area contributed by atoms with Gasteiger partial charge in [-0.3, -0.25) is 9.59 Å². The van der Waals surface area contributed by atoms with Crippen LogP contribution in [0.5, 0.6) is 0 Å². The second kappa shape index (κ2) is 3.75. The van der Waals surface area contributed by atoms with Crippen molar-refractivity contribution >= 4 is 5.91 Å². The molecule has 3 N–H and O–H groups in total. The molecule has 66 valence electrons.